The quantitative estimate of drug-likeness (QED) is 0.934. The predicted octanol–water partition coefficient (Wildman–Crippen LogP) is 2.22. The van der Waals surface area contributed by atoms with Crippen molar-refractivity contribution in [2.45, 2.75) is 19.1 Å². The zero-order valence-electron chi connectivity index (χ0n) is 12.7. The molecule has 4 nitrogen and oxygen atoms in total. The minimum Gasteiger partial charge on any atom is -0.374 e. The molecule has 4 heteroatoms. The van der Waals surface area contributed by atoms with Crippen molar-refractivity contribution < 1.29 is 4.74 Å². The molecule has 3 rings (SSSR count). The first-order valence-corrected chi connectivity index (χ1v) is 7.66. The number of pyridine rings is 1. The lowest BCUT2D eigenvalue weighted by Gasteiger charge is -2.35. The Morgan fingerprint density at radius 1 is 1.43 bits per heavy atom. The number of hydrogen-bond donors (Lipinski definition) is 1. The van der Waals surface area contributed by atoms with Gasteiger partial charge in [-0.3, -0.25) is 4.98 Å². The number of nitrogens with one attached hydrogen (secondary N) is 1. The monoisotopic (exact) mass is 285 g/mol. The van der Waals surface area contributed by atoms with E-state index in [2.05, 4.69) is 47.4 Å². The fraction of sp³-hybridized carbons (Fsp3) is 0.471. The maximum Gasteiger partial charge on any atom is 0.0897 e. The van der Waals surface area contributed by atoms with Crippen LogP contribution in [0, 0.1) is 0 Å². The van der Waals surface area contributed by atoms with Crippen molar-refractivity contribution in [2.24, 2.45) is 0 Å². The van der Waals surface area contributed by atoms with Crippen molar-refractivity contribution in [3.63, 3.8) is 0 Å². The first-order chi connectivity index (χ1) is 10.3. The lowest BCUT2D eigenvalue weighted by Crippen LogP contribution is -2.46. The number of hydrogen-bond acceptors (Lipinski definition) is 4. The molecule has 0 aliphatic carbocycles. The zero-order valence-corrected chi connectivity index (χ0v) is 12.7. The number of rotatable bonds is 4. The summed E-state index contributed by atoms with van der Waals surface area (Å²) in [4.78, 5) is 6.92. The van der Waals surface area contributed by atoms with Gasteiger partial charge in [0.15, 0.2) is 0 Å². The highest BCUT2D eigenvalue weighted by molar-refractivity contribution is 5.78. The molecule has 1 saturated heterocycles. The Morgan fingerprint density at radius 3 is 3.10 bits per heavy atom. The summed E-state index contributed by atoms with van der Waals surface area (Å²) >= 11 is 0. The number of nitrogens with zero attached hydrogens (tertiary/aromatic N) is 2. The summed E-state index contributed by atoms with van der Waals surface area (Å²) in [5.41, 5.74) is 2.24. The molecule has 0 spiro atoms. The molecule has 1 aliphatic rings. The van der Waals surface area contributed by atoms with Crippen LogP contribution in [0.15, 0.2) is 36.5 Å². The normalized spacial score (nSPS) is 21.5. The Morgan fingerprint density at radius 2 is 2.29 bits per heavy atom. The summed E-state index contributed by atoms with van der Waals surface area (Å²) in [6, 6.07) is 10.7. The van der Waals surface area contributed by atoms with E-state index in [1.165, 1.54) is 10.9 Å². The van der Waals surface area contributed by atoms with Crippen LogP contribution in [-0.2, 0) is 4.74 Å². The minimum absolute atomic E-state index is 0.173. The smallest absolute Gasteiger partial charge is 0.0897 e. The van der Waals surface area contributed by atoms with Crippen LogP contribution >= 0.6 is 0 Å². The summed E-state index contributed by atoms with van der Waals surface area (Å²) in [5, 5.41) is 4.74. The molecular formula is C17H23N3O. The van der Waals surface area contributed by atoms with E-state index in [0.29, 0.717) is 0 Å². The summed E-state index contributed by atoms with van der Waals surface area (Å²) in [7, 11) is 2.15. The highest BCUT2D eigenvalue weighted by Crippen LogP contribution is 2.24. The average Bonchev–Trinajstić information content (AvgIpc) is 2.52. The van der Waals surface area contributed by atoms with E-state index in [1.54, 1.807) is 0 Å². The van der Waals surface area contributed by atoms with Crippen LogP contribution in [0.3, 0.4) is 0 Å². The molecule has 0 saturated carbocycles. The Kier molecular flexibility index (Phi) is 4.48. The number of para-hydroxylation sites is 1. The Hall–Kier alpha value is -1.49. The molecule has 112 valence electrons. The zero-order chi connectivity index (χ0) is 14.7. The number of aromatic nitrogens is 1. The fourth-order valence-electron chi connectivity index (χ4n) is 2.95. The molecule has 2 heterocycles. The van der Waals surface area contributed by atoms with Gasteiger partial charge in [0.1, 0.15) is 0 Å². The lowest BCUT2D eigenvalue weighted by atomic mass is 10.00. The van der Waals surface area contributed by atoms with Gasteiger partial charge in [0.05, 0.1) is 24.3 Å². The summed E-state index contributed by atoms with van der Waals surface area (Å²) in [6.45, 7) is 5.80. The standard InChI is InChI=1S/C17H23N3O/c1-3-18-17(16-12-20(2)8-9-21-16)14-10-13-6-4-5-7-15(13)19-11-14/h4-7,10-11,16-18H,3,8-9,12H2,1-2H3. The Labute approximate surface area is 126 Å². The van der Waals surface area contributed by atoms with Crippen LogP contribution < -0.4 is 5.32 Å². The van der Waals surface area contributed by atoms with Gasteiger partial charge in [-0.05, 0) is 31.3 Å². The SMILES string of the molecule is CCNC(c1cnc2ccccc2c1)C1CN(C)CCO1. The second-order valence-electron chi connectivity index (χ2n) is 5.67. The molecule has 1 fully saturated rings. The maximum atomic E-state index is 6.00. The Bertz CT molecular complexity index is 601. The minimum atomic E-state index is 0.173. The Balaban J connectivity index is 1.90. The van der Waals surface area contributed by atoms with E-state index < -0.39 is 0 Å². The van der Waals surface area contributed by atoms with Gasteiger partial charge >= 0.3 is 0 Å². The van der Waals surface area contributed by atoms with Gasteiger partial charge in [0.2, 0.25) is 0 Å². The van der Waals surface area contributed by atoms with Gasteiger partial charge in [-0.15, -0.1) is 0 Å². The fourth-order valence-corrected chi connectivity index (χ4v) is 2.95. The van der Waals surface area contributed by atoms with Gasteiger partial charge < -0.3 is 15.0 Å². The third kappa shape index (κ3) is 3.23. The second kappa shape index (κ2) is 6.52. The van der Waals surface area contributed by atoms with Crippen LogP contribution in [0.25, 0.3) is 10.9 Å². The third-order valence-corrected chi connectivity index (χ3v) is 4.06. The average molecular weight is 285 g/mol. The van der Waals surface area contributed by atoms with E-state index in [0.717, 1.165) is 31.8 Å². The number of fused-ring (bicyclic) bond motifs is 1. The molecule has 0 radical (unpaired) electrons. The van der Waals surface area contributed by atoms with Crippen LogP contribution in [0.1, 0.15) is 18.5 Å². The molecule has 1 aromatic carbocycles. The van der Waals surface area contributed by atoms with E-state index in [-0.39, 0.29) is 12.1 Å². The van der Waals surface area contributed by atoms with Gasteiger partial charge in [0.25, 0.3) is 0 Å². The first-order valence-electron chi connectivity index (χ1n) is 7.66. The molecule has 2 aromatic rings. The topological polar surface area (TPSA) is 37.4 Å². The number of likely N-dealkylation sites (N-methyl/N-ethyl adjacent to an activating group) is 2. The van der Waals surface area contributed by atoms with Crippen molar-refractivity contribution in [2.75, 3.05) is 33.3 Å². The molecule has 1 aromatic heterocycles. The van der Waals surface area contributed by atoms with Crippen molar-refractivity contribution in [3.8, 4) is 0 Å². The summed E-state index contributed by atoms with van der Waals surface area (Å²) in [5.74, 6) is 0. The predicted molar refractivity (Wildman–Crippen MR) is 85.4 cm³/mol. The molecule has 0 amide bonds. The summed E-state index contributed by atoms with van der Waals surface area (Å²) in [6.07, 6.45) is 2.15. The molecule has 0 bridgehead atoms. The largest absolute Gasteiger partial charge is 0.374 e. The van der Waals surface area contributed by atoms with Crippen molar-refractivity contribution in [1.82, 2.24) is 15.2 Å². The lowest BCUT2D eigenvalue weighted by molar-refractivity contribution is -0.0390. The molecular weight excluding hydrogens is 262 g/mol. The third-order valence-electron chi connectivity index (χ3n) is 4.06. The van der Waals surface area contributed by atoms with Crippen molar-refractivity contribution in [3.05, 3.63) is 42.1 Å². The summed E-state index contributed by atoms with van der Waals surface area (Å²) < 4.78 is 6.00. The van der Waals surface area contributed by atoms with Crippen molar-refractivity contribution in [1.29, 1.82) is 0 Å². The van der Waals surface area contributed by atoms with Crippen LogP contribution in [0.5, 0.6) is 0 Å². The highest BCUT2D eigenvalue weighted by Gasteiger charge is 2.27. The second-order valence-corrected chi connectivity index (χ2v) is 5.67. The van der Waals surface area contributed by atoms with Crippen molar-refractivity contribution >= 4 is 10.9 Å². The van der Waals surface area contributed by atoms with E-state index in [4.69, 9.17) is 4.74 Å². The highest BCUT2D eigenvalue weighted by atomic mass is 16.5. The molecule has 21 heavy (non-hydrogen) atoms. The van der Waals surface area contributed by atoms with Crippen LogP contribution in [0.4, 0.5) is 0 Å². The van der Waals surface area contributed by atoms with Gasteiger partial charge in [-0.2, -0.15) is 0 Å². The molecule has 2 unspecified atom stereocenters. The maximum absolute atomic E-state index is 6.00. The van der Waals surface area contributed by atoms with E-state index >= 15 is 0 Å². The number of morpholine rings is 1. The first kappa shape index (κ1) is 14.4. The molecule has 2 atom stereocenters. The van der Waals surface area contributed by atoms with Crippen LogP contribution in [0.2, 0.25) is 0 Å². The van der Waals surface area contributed by atoms with E-state index in [9.17, 15) is 0 Å². The number of ether oxygens (including phenoxy) is 1. The number of benzene rings is 1. The van der Waals surface area contributed by atoms with Gasteiger partial charge in [-0.1, -0.05) is 25.1 Å². The molecule has 1 aliphatic heterocycles. The van der Waals surface area contributed by atoms with E-state index in [1.807, 2.05) is 18.3 Å². The van der Waals surface area contributed by atoms with Gasteiger partial charge in [-0.25, -0.2) is 0 Å². The van der Waals surface area contributed by atoms with Crippen LogP contribution in [-0.4, -0.2) is 49.3 Å². The molecule has 1 N–H and O–H groups in total. The van der Waals surface area contributed by atoms with Gasteiger partial charge in [0, 0.05) is 24.7 Å².